The molecule has 0 atom stereocenters. The molecule has 6 rings (SSSR count). The minimum Gasteiger partial charge on any atom is -0.346 e. The van der Waals surface area contributed by atoms with E-state index in [0.717, 1.165) is 51.9 Å². The fourth-order valence-electron chi connectivity index (χ4n) is 4.92. The molecule has 3 aromatic heterocycles. The van der Waals surface area contributed by atoms with E-state index >= 15 is 0 Å². The van der Waals surface area contributed by atoms with Gasteiger partial charge >= 0.3 is 0 Å². The standard InChI is InChI=1S/C27H21ClN4O/c1-32-14-19(15-32)22-23(18-12-17-8-5-10-29-25(17)20(28)13-18)26(16-6-3-2-4-7-16)31-27-24(22)21(33)9-11-30-27/h2-13,19H,14-15H2,1H3,(H,30,31,33). The lowest BCUT2D eigenvalue weighted by Crippen LogP contribution is -2.42. The van der Waals surface area contributed by atoms with Crippen LogP contribution in [0.5, 0.6) is 0 Å². The molecule has 1 fully saturated rings. The third-order valence-electron chi connectivity index (χ3n) is 6.40. The summed E-state index contributed by atoms with van der Waals surface area (Å²) >= 11 is 6.70. The van der Waals surface area contributed by atoms with Gasteiger partial charge in [0.1, 0.15) is 5.65 Å². The van der Waals surface area contributed by atoms with Crippen LogP contribution in [-0.2, 0) is 0 Å². The average Bonchev–Trinajstić information content (AvgIpc) is 2.82. The second kappa shape index (κ2) is 7.80. The maximum absolute atomic E-state index is 13.1. The van der Waals surface area contributed by atoms with Gasteiger partial charge in [-0.15, -0.1) is 0 Å². The number of H-pyrrole nitrogens is 1. The normalized spacial score (nSPS) is 14.6. The number of likely N-dealkylation sites (N-methyl/N-ethyl adjacent to an activating group) is 1. The molecule has 6 heteroatoms. The van der Waals surface area contributed by atoms with E-state index in [1.807, 2.05) is 36.4 Å². The number of nitrogens with zero attached hydrogens (tertiary/aromatic N) is 3. The Morgan fingerprint density at radius 1 is 1.03 bits per heavy atom. The molecule has 0 amide bonds. The molecule has 1 aliphatic rings. The van der Waals surface area contributed by atoms with Gasteiger partial charge in [-0.25, -0.2) is 4.98 Å². The number of halogens is 1. The third-order valence-corrected chi connectivity index (χ3v) is 6.69. The van der Waals surface area contributed by atoms with Crippen LogP contribution in [0.4, 0.5) is 0 Å². The molecule has 5 aromatic rings. The van der Waals surface area contributed by atoms with Crippen molar-refractivity contribution in [3.05, 3.63) is 93.9 Å². The van der Waals surface area contributed by atoms with Crippen LogP contribution in [0, 0.1) is 0 Å². The van der Waals surface area contributed by atoms with E-state index in [9.17, 15) is 4.79 Å². The van der Waals surface area contributed by atoms with Crippen LogP contribution in [0.15, 0.2) is 77.9 Å². The van der Waals surface area contributed by atoms with Gasteiger partial charge < -0.3 is 9.88 Å². The number of benzene rings is 2. The Morgan fingerprint density at radius 3 is 2.64 bits per heavy atom. The minimum atomic E-state index is -0.0183. The largest absolute Gasteiger partial charge is 0.346 e. The zero-order valence-electron chi connectivity index (χ0n) is 18.0. The van der Waals surface area contributed by atoms with Crippen LogP contribution < -0.4 is 5.43 Å². The molecule has 2 aromatic carbocycles. The maximum Gasteiger partial charge on any atom is 0.191 e. The molecular weight excluding hydrogens is 432 g/mol. The number of fused-ring (bicyclic) bond motifs is 2. The van der Waals surface area contributed by atoms with Crippen molar-refractivity contribution in [3.8, 4) is 22.4 Å². The molecule has 4 heterocycles. The molecule has 0 aliphatic carbocycles. The zero-order chi connectivity index (χ0) is 22.5. The molecular formula is C27H21ClN4O. The van der Waals surface area contributed by atoms with Crippen LogP contribution in [0.2, 0.25) is 5.02 Å². The first kappa shape index (κ1) is 20.1. The molecule has 0 unspecified atom stereocenters. The SMILES string of the molecule is CN1CC(c2c(-c3cc(Cl)c4ncccc4c3)c(-c3ccccc3)nc3[nH]ccc(=O)c23)C1. The van der Waals surface area contributed by atoms with Crippen LogP contribution in [0.25, 0.3) is 44.3 Å². The van der Waals surface area contributed by atoms with Gasteiger partial charge in [0.2, 0.25) is 0 Å². The van der Waals surface area contributed by atoms with Crippen LogP contribution in [-0.4, -0.2) is 40.0 Å². The van der Waals surface area contributed by atoms with E-state index in [-0.39, 0.29) is 11.3 Å². The number of aromatic nitrogens is 3. The van der Waals surface area contributed by atoms with Crippen LogP contribution in [0.3, 0.4) is 0 Å². The van der Waals surface area contributed by atoms with Gasteiger partial charge in [-0.1, -0.05) is 48.0 Å². The summed E-state index contributed by atoms with van der Waals surface area (Å²) in [7, 11) is 2.10. The summed E-state index contributed by atoms with van der Waals surface area (Å²) in [5.74, 6) is 0.227. The lowest BCUT2D eigenvalue weighted by Gasteiger charge is -2.38. The molecule has 0 bridgehead atoms. The maximum atomic E-state index is 13.1. The lowest BCUT2D eigenvalue weighted by atomic mass is 9.82. The van der Waals surface area contributed by atoms with Crippen molar-refractivity contribution < 1.29 is 0 Å². The molecule has 0 radical (unpaired) electrons. The molecule has 162 valence electrons. The smallest absolute Gasteiger partial charge is 0.191 e. The van der Waals surface area contributed by atoms with E-state index in [1.54, 1.807) is 18.5 Å². The van der Waals surface area contributed by atoms with Crippen LogP contribution in [0.1, 0.15) is 11.5 Å². The highest BCUT2D eigenvalue weighted by molar-refractivity contribution is 6.35. The Kier molecular flexibility index (Phi) is 4.75. The number of hydrogen-bond donors (Lipinski definition) is 1. The molecule has 1 N–H and O–H groups in total. The summed E-state index contributed by atoms with van der Waals surface area (Å²) in [6.07, 6.45) is 3.41. The molecule has 0 saturated carbocycles. The second-order valence-corrected chi connectivity index (χ2v) is 9.04. The first-order chi connectivity index (χ1) is 16.1. The second-order valence-electron chi connectivity index (χ2n) is 8.63. The van der Waals surface area contributed by atoms with Crippen molar-refractivity contribution in [1.29, 1.82) is 0 Å². The highest BCUT2D eigenvalue weighted by Crippen LogP contribution is 2.43. The van der Waals surface area contributed by atoms with Crippen molar-refractivity contribution in [1.82, 2.24) is 19.9 Å². The molecule has 5 nitrogen and oxygen atoms in total. The van der Waals surface area contributed by atoms with Gasteiger partial charge in [0.05, 0.1) is 21.6 Å². The Bertz CT molecular complexity index is 1570. The van der Waals surface area contributed by atoms with E-state index in [4.69, 9.17) is 16.6 Å². The highest BCUT2D eigenvalue weighted by Gasteiger charge is 2.32. The summed E-state index contributed by atoms with van der Waals surface area (Å²) in [6.45, 7) is 1.77. The van der Waals surface area contributed by atoms with Crippen molar-refractivity contribution in [2.24, 2.45) is 0 Å². The lowest BCUT2D eigenvalue weighted by molar-refractivity contribution is 0.191. The average molecular weight is 453 g/mol. The fourth-order valence-corrected chi connectivity index (χ4v) is 5.19. The Balaban J connectivity index is 1.77. The summed E-state index contributed by atoms with van der Waals surface area (Å²) in [6, 6.07) is 19.7. The quantitative estimate of drug-likeness (QED) is 0.393. The van der Waals surface area contributed by atoms with Gasteiger partial charge in [-0.05, 0) is 36.4 Å². The van der Waals surface area contributed by atoms with Crippen molar-refractivity contribution in [3.63, 3.8) is 0 Å². The van der Waals surface area contributed by atoms with Crippen molar-refractivity contribution in [2.75, 3.05) is 20.1 Å². The van der Waals surface area contributed by atoms with E-state index in [2.05, 4.69) is 40.1 Å². The first-order valence-electron chi connectivity index (χ1n) is 10.9. The number of hydrogen-bond acceptors (Lipinski definition) is 4. The van der Waals surface area contributed by atoms with Gasteiger partial charge in [-0.3, -0.25) is 9.78 Å². The number of nitrogens with one attached hydrogen (secondary N) is 1. The van der Waals surface area contributed by atoms with Crippen molar-refractivity contribution >= 4 is 33.5 Å². The monoisotopic (exact) mass is 452 g/mol. The van der Waals surface area contributed by atoms with Gasteiger partial charge in [0.15, 0.2) is 5.43 Å². The fraction of sp³-hybridized carbons (Fsp3) is 0.148. The predicted octanol–water partition coefficient (Wildman–Crippen LogP) is 5.49. The van der Waals surface area contributed by atoms with Gasteiger partial charge in [-0.2, -0.15) is 0 Å². The van der Waals surface area contributed by atoms with E-state index < -0.39 is 0 Å². The molecule has 1 saturated heterocycles. The third kappa shape index (κ3) is 3.32. The number of rotatable bonds is 3. The highest BCUT2D eigenvalue weighted by atomic mass is 35.5. The Morgan fingerprint density at radius 2 is 1.85 bits per heavy atom. The summed E-state index contributed by atoms with van der Waals surface area (Å²) in [5.41, 5.74) is 6.15. The topological polar surface area (TPSA) is 61.9 Å². The van der Waals surface area contributed by atoms with Crippen LogP contribution >= 0.6 is 11.6 Å². The summed E-state index contributed by atoms with van der Waals surface area (Å²) < 4.78 is 0. The first-order valence-corrected chi connectivity index (χ1v) is 11.3. The van der Waals surface area contributed by atoms with Crippen molar-refractivity contribution in [2.45, 2.75) is 5.92 Å². The Labute approximate surface area is 195 Å². The minimum absolute atomic E-state index is 0.0183. The van der Waals surface area contributed by atoms with Gasteiger partial charge in [0, 0.05) is 54.0 Å². The predicted molar refractivity (Wildman–Crippen MR) is 134 cm³/mol. The molecule has 0 spiro atoms. The zero-order valence-corrected chi connectivity index (χ0v) is 18.8. The molecule has 33 heavy (non-hydrogen) atoms. The van der Waals surface area contributed by atoms with E-state index in [1.165, 1.54) is 0 Å². The number of pyridine rings is 3. The summed E-state index contributed by atoms with van der Waals surface area (Å²) in [5, 5.41) is 2.20. The number of likely N-dealkylation sites (tertiary alicyclic amines) is 1. The Hall–Kier alpha value is -3.54. The summed E-state index contributed by atoms with van der Waals surface area (Å²) in [4.78, 5) is 28.0. The van der Waals surface area contributed by atoms with E-state index in [0.29, 0.717) is 16.1 Å². The molecule has 1 aliphatic heterocycles. The number of aromatic amines is 1. The van der Waals surface area contributed by atoms with Gasteiger partial charge in [0.25, 0.3) is 0 Å².